The first kappa shape index (κ1) is 16.0. The summed E-state index contributed by atoms with van der Waals surface area (Å²) in [7, 11) is 0. The smallest absolute Gasteiger partial charge is 0.0991 e. The van der Waals surface area contributed by atoms with Crippen molar-refractivity contribution in [1.29, 1.82) is 5.26 Å². The molecule has 2 heteroatoms. The lowest BCUT2D eigenvalue weighted by Crippen LogP contribution is -2.36. The van der Waals surface area contributed by atoms with E-state index in [0.29, 0.717) is 12.1 Å². The van der Waals surface area contributed by atoms with Crippen molar-refractivity contribution in [2.45, 2.75) is 65.0 Å². The van der Waals surface area contributed by atoms with Gasteiger partial charge in [0.25, 0.3) is 0 Å². The molecule has 0 heterocycles. The molecule has 1 aliphatic carbocycles. The summed E-state index contributed by atoms with van der Waals surface area (Å²) in [5, 5.41) is 12.7. The second-order valence-corrected chi connectivity index (χ2v) is 6.98. The minimum atomic E-state index is 0.362. The standard InChI is InChI=1S/C19H28N2/c1-14(2)11-17-5-4-6-19(12-17)21-15(3)18-9-7-16(13-20)8-10-18/h7-10,14-15,17,19,21H,4-6,11-12H2,1-3H3. The van der Waals surface area contributed by atoms with Crippen molar-refractivity contribution in [3.63, 3.8) is 0 Å². The molecule has 0 spiro atoms. The molecule has 3 atom stereocenters. The van der Waals surface area contributed by atoms with Crippen molar-refractivity contribution in [2.24, 2.45) is 11.8 Å². The monoisotopic (exact) mass is 284 g/mol. The summed E-state index contributed by atoms with van der Waals surface area (Å²) in [6, 6.07) is 11.2. The number of rotatable bonds is 5. The van der Waals surface area contributed by atoms with E-state index in [1.807, 2.05) is 12.1 Å². The van der Waals surface area contributed by atoms with E-state index >= 15 is 0 Å². The highest BCUT2D eigenvalue weighted by atomic mass is 14.9. The quantitative estimate of drug-likeness (QED) is 0.842. The summed E-state index contributed by atoms with van der Waals surface area (Å²) in [6.45, 7) is 6.89. The second-order valence-electron chi connectivity index (χ2n) is 6.98. The first-order chi connectivity index (χ1) is 10.1. The van der Waals surface area contributed by atoms with Crippen LogP contribution in [-0.4, -0.2) is 6.04 Å². The highest BCUT2D eigenvalue weighted by Gasteiger charge is 2.23. The minimum absolute atomic E-state index is 0.362. The van der Waals surface area contributed by atoms with Crippen molar-refractivity contribution in [3.05, 3.63) is 35.4 Å². The normalized spacial score (nSPS) is 23.8. The second kappa shape index (κ2) is 7.61. The third-order valence-electron chi connectivity index (χ3n) is 4.61. The maximum atomic E-state index is 8.86. The number of nitrogens with one attached hydrogen (secondary N) is 1. The van der Waals surface area contributed by atoms with Crippen molar-refractivity contribution >= 4 is 0 Å². The zero-order valence-corrected chi connectivity index (χ0v) is 13.6. The molecule has 21 heavy (non-hydrogen) atoms. The molecule has 1 aromatic rings. The van der Waals surface area contributed by atoms with Crippen LogP contribution in [-0.2, 0) is 0 Å². The van der Waals surface area contributed by atoms with Crippen LogP contribution >= 0.6 is 0 Å². The third-order valence-corrected chi connectivity index (χ3v) is 4.61. The van der Waals surface area contributed by atoms with E-state index in [0.717, 1.165) is 17.4 Å². The Labute approximate surface area is 129 Å². The summed E-state index contributed by atoms with van der Waals surface area (Å²) < 4.78 is 0. The van der Waals surface area contributed by atoms with Crippen molar-refractivity contribution < 1.29 is 0 Å². The van der Waals surface area contributed by atoms with E-state index in [1.165, 1.54) is 37.7 Å². The summed E-state index contributed by atoms with van der Waals surface area (Å²) in [4.78, 5) is 0. The van der Waals surface area contributed by atoms with Gasteiger partial charge in [0.1, 0.15) is 0 Å². The summed E-state index contributed by atoms with van der Waals surface area (Å²) in [6.07, 6.45) is 6.74. The Bertz CT molecular complexity index is 469. The van der Waals surface area contributed by atoms with Crippen LogP contribution in [0, 0.1) is 23.2 Å². The van der Waals surface area contributed by atoms with Gasteiger partial charge < -0.3 is 5.32 Å². The van der Waals surface area contributed by atoms with Crippen LogP contribution in [0.1, 0.15) is 70.0 Å². The van der Waals surface area contributed by atoms with E-state index in [1.54, 1.807) is 0 Å². The van der Waals surface area contributed by atoms with Crippen LogP contribution < -0.4 is 5.32 Å². The van der Waals surface area contributed by atoms with E-state index in [9.17, 15) is 0 Å². The molecular weight excluding hydrogens is 256 g/mol. The van der Waals surface area contributed by atoms with Crippen LogP contribution in [0.25, 0.3) is 0 Å². The van der Waals surface area contributed by atoms with Gasteiger partial charge in [-0.1, -0.05) is 38.8 Å². The molecule has 0 aliphatic heterocycles. The number of hydrogen-bond acceptors (Lipinski definition) is 2. The zero-order chi connectivity index (χ0) is 15.2. The van der Waals surface area contributed by atoms with E-state index in [2.05, 4.69) is 44.3 Å². The first-order valence-corrected chi connectivity index (χ1v) is 8.34. The molecule has 0 amide bonds. The van der Waals surface area contributed by atoms with E-state index in [-0.39, 0.29) is 0 Å². The van der Waals surface area contributed by atoms with Gasteiger partial charge in [-0.3, -0.25) is 0 Å². The summed E-state index contributed by atoms with van der Waals surface area (Å²) >= 11 is 0. The maximum absolute atomic E-state index is 8.86. The Morgan fingerprint density at radius 2 is 1.90 bits per heavy atom. The lowest BCUT2D eigenvalue weighted by atomic mass is 9.81. The molecule has 3 unspecified atom stereocenters. The minimum Gasteiger partial charge on any atom is -0.307 e. The number of nitrogens with zero attached hydrogens (tertiary/aromatic N) is 1. The number of nitriles is 1. The van der Waals surface area contributed by atoms with E-state index < -0.39 is 0 Å². The molecule has 0 saturated heterocycles. The molecule has 2 rings (SSSR count). The average molecular weight is 284 g/mol. The predicted molar refractivity (Wildman–Crippen MR) is 87.9 cm³/mol. The molecule has 1 fully saturated rings. The van der Waals surface area contributed by atoms with Crippen molar-refractivity contribution in [3.8, 4) is 6.07 Å². The van der Waals surface area contributed by atoms with Crippen molar-refractivity contribution in [1.82, 2.24) is 5.32 Å². The average Bonchev–Trinajstić information content (AvgIpc) is 2.47. The van der Waals surface area contributed by atoms with Crippen LogP contribution in [0.3, 0.4) is 0 Å². The molecule has 1 saturated carbocycles. The number of hydrogen-bond donors (Lipinski definition) is 1. The first-order valence-electron chi connectivity index (χ1n) is 8.34. The van der Waals surface area contributed by atoms with Crippen LogP contribution in [0.4, 0.5) is 0 Å². The fourth-order valence-electron chi connectivity index (χ4n) is 3.62. The molecule has 114 valence electrons. The van der Waals surface area contributed by atoms with Crippen LogP contribution in [0.5, 0.6) is 0 Å². The maximum Gasteiger partial charge on any atom is 0.0991 e. The number of benzene rings is 1. The fraction of sp³-hybridized carbons (Fsp3) is 0.632. The predicted octanol–water partition coefficient (Wildman–Crippen LogP) is 4.81. The largest absolute Gasteiger partial charge is 0.307 e. The van der Waals surface area contributed by atoms with Crippen molar-refractivity contribution in [2.75, 3.05) is 0 Å². The molecule has 1 N–H and O–H groups in total. The lowest BCUT2D eigenvalue weighted by Gasteiger charge is -2.33. The van der Waals surface area contributed by atoms with Gasteiger partial charge >= 0.3 is 0 Å². The molecular formula is C19H28N2. The Morgan fingerprint density at radius 1 is 1.19 bits per heavy atom. The van der Waals surface area contributed by atoms with Gasteiger partial charge in [-0.2, -0.15) is 5.26 Å². The Kier molecular flexibility index (Phi) is 5.82. The van der Waals surface area contributed by atoms with Crippen LogP contribution in [0.15, 0.2) is 24.3 Å². The molecule has 0 radical (unpaired) electrons. The topological polar surface area (TPSA) is 35.8 Å². The van der Waals surface area contributed by atoms with Gasteiger partial charge in [-0.05, 0) is 55.7 Å². The highest BCUT2D eigenvalue weighted by molar-refractivity contribution is 5.32. The van der Waals surface area contributed by atoms with Gasteiger partial charge in [-0.25, -0.2) is 0 Å². The van der Waals surface area contributed by atoms with Gasteiger partial charge in [0, 0.05) is 12.1 Å². The van der Waals surface area contributed by atoms with E-state index in [4.69, 9.17) is 5.26 Å². The Morgan fingerprint density at radius 3 is 2.52 bits per heavy atom. The van der Waals surface area contributed by atoms with Crippen LogP contribution in [0.2, 0.25) is 0 Å². The van der Waals surface area contributed by atoms with Gasteiger partial charge in [0.05, 0.1) is 11.6 Å². The van der Waals surface area contributed by atoms with Gasteiger partial charge in [-0.15, -0.1) is 0 Å². The SMILES string of the molecule is CC(C)CC1CCCC(NC(C)c2ccc(C#N)cc2)C1. The third kappa shape index (κ3) is 4.86. The zero-order valence-electron chi connectivity index (χ0n) is 13.6. The lowest BCUT2D eigenvalue weighted by molar-refractivity contribution is 0.242. The highest BCUT2D eigenvalue weighted by Crippen LogP contribution is 2.30. The molecule has 0 aromatic heterocycles. The fourth-order valence-corrected chi connectivity index (χ4v) is 3.62. The molecule has 2 nitrogen and oxygen atoms in total. The Balaban J connectivity index is 1.89. The van der Waals surface area contributed by atoms with Gasteiger partial charge in [0.2, 0.25) is 0 Å². The molecule has 0 bridgehead atoms. The molecule has 1 aliphatic rings. The molecule has 1 aromatic carbocycles. The Hall–Kier alpha value is -1.33. The summed E-state index contributed by atoms with van der Waals surface area (Å²) in [5.41, 5.74) is 2.01. The summed E-state index contributed by atoms with van der Waals surface area (Å²) in [5.74, 6) is 1.70. The van der Waals surface area contributed by atoms with Gasteiger partial charge in [0.15, 0.2) is 0 Å².